The first-order valence-electron chi connectivity index (χ1n) is 8.32. The maximum absolute atomic E-state index is 12.0. The Hall–Kier alpha value is -3.62. The average Bonchev–Trinajstić information content (AvgIpc) is 2.65. The number of nitro benzene ring substituents is 1. The number of aryl methyl sites for hydroxylation is 2. The molecule has 148 valence electrons. The van der Waals surface area contributed by atoms with Gasteiger partial charge in [0, 0.05) is 0 Å². The largest absolute Gasteiger partial charge is 0.504 e. The number of nitro groups is 1. The molecule has 0 saturated carbocycles. The standard InChI is InChI=1S/C19H21N3O6/c1-11-5-6-12(2)18(13(11)3)28-10-16(24)21-20-9-14-7-8-15(23)19(27-4)17(14)22(25)26/h5-9,23H,10H2,1-4H3,(H,21,24)/b20-9+. The maximum atomic E-state index is 12.0. The van der Waals surface area contributed by atoms with Gasteiger partial charge in [0.2, 0.25) is 5.75 Å². The van der Waals surface area contributed by atoms with Gasteiger partial charge in [-0.3, -0.25) is 14.9 Å². The van der Waals surface area contributed by atoms with Crippen molar-refractivity contribution in [3.05, 3.63) is 56.6 Å². The molecule has 0 radical (unpaired) electrons. The van der Waals surface area contributed by atoms with Crippen molar-refractivity contribution in [1.82, 2.24) is 5.43 Å². The molecule has 0 spiro atoms. The highest BCUT2D eigenvalue weighted by Crippen LogP contribution is 2.37. The number of amides is 1. The number of carbonyl (C=O) groups excluding carboxylic acids is 1. The second-order valence-corrected chi connectivity index (χ2v) is 6.05. The average molecular weight is 387 g/mol. The Balaban J connectivity index is 2.07. The summed E-state index contributed by atoms with van der Waals surface area (Å²) >= 11 is 0. The Morgan fingerprint density at radius 2 is 1.89 bits per heavy atom. The van der Waals surface area contributed by atoms with Gasteiger partial charge >= 0.3 is 5.69 Å². The van der Waals surface area contributed by atoms with Crippen molar-refractivity contribution >= 4 is 17.8 Å². The first kappa shape index (κ1) is 20.7. The quantitative estimate of drug-likeness (QED) is 0.428. The van der Waals surface area contributed by atoms with E-state index in [4.69, 9.17) is 9.47 Å². The van der Waals surface area contributed by atoms with E-state index >= 15 is 0 Å². The number of ether oxygens (including phenoxy) is 2. The highest BCUT2D eigenvalue weighted by Gasteiger charge is 2.23. The molecule has 0 atom stereocenters. The molecular weight excluding hydrogens is 366 g/mol. The smallest absolute Gasteiger partial charge is 0.323 e. The van der Waals surface area contributed by atoms with E-state index in [1.807, 2.05) is 32.9 Å². The SMILES string of the molecule is COc1c(O)ccc(/C=N/NC(=O)COc2c(C)ccc(C)c2C)c1[N+](=O)[O-]. The molecule has 0 fully saturated rings. The fraction of sp³-hybridized carbons (Fsp3) is 0.263. The number of benzene rings is 2. The molecule has 9 nitrogen and oxygen atoms in total. The van der Waals surface area contributed by atoms with Gasteiger partial charge in [-0.25, -0.2) is 5.43 Å². The van der Waals surface area contributed by atoms with Gasteiger partial charge in [0.1, 0.15) is 5.75 Å². The Morgan fingerprint density at radius 1 is 1.21 bits per heavy atom. The van der Waals surface area contributed by atoms with Gasteiger partial charge in [-0.2, -0.15) is 5.10 Å². The summed E-state index contributed by atoms with van der Waals surface area (Å²) in [6.07, 6.45) is 1.10. The van der Waals surface area contributed by atoms with Crippen LogP contribution in [0.15, 0.2) is 29.4 Å². The molecule has 2 aromatic carbocycles. The summed E-state index contributed by atoms with van der Waals surface area (Å²) < 4.78 is 10.4. The van der Waals surface area contributed by atoms with E-state index < -0.39 is 16.5 Å². The van der Waals surface area contributed by atoms with E-state index in [1.165, 1.54) is 19.2 Å². The molecule has 2 rings (SSSR count). The normalized spacial score (nSPS) is 10.7. The Kier molecular flexibility index (Phi) is 6.54. The van der Waals surface area contributed by atoms with Crippen molar-refractivity contribution in [2.75, 3.05) is 13.7 Å². The zero-order chi connectivity index (χ0) is 20.8. The molecule has 0 aromatic heterocycles. The molecule has 0 aliphatic rings. The minimum absolute atomic E-state index is 0.0613. The first-order chi connectivity index (χ1) is 13.3. The minimum atomic E-state index is -0.700. The molecule has 1 amide bonds. The zero-order valence-electron chi connectivity index (χ0n) is 16.0. The predicted molar refractivity (Wildman–Crippen MR) is 103 cm³/mol. The number of hydrogen-bond acceptors (Lipinski definition) is 7. The van der Waals surface area contributed by atoms with Gasteiger partial charge in [0.05, 0.1) is 23.8 Å². The molecule has 0 aliphatic carbocycles. The summed E-state index contributed by atoms with van der Waals surface area (Å²) in [4.78, 5) is 22.5. The highest BCUT2D eigenvalue weighted by molar-refractivity contribution is 5.89. The monoisotopic (exact) mass is 387 g/mol. The Morgan fingerprint density at radius 3 is 2.54 bits per heavy atom. The van der Waals surface area contributed by atoms with Gasteiger partial charge in [-0.15, -0.1) is 0 Å². The van der Waals surface area contributed by atoms with Crippen molar-refractivity contribution < 1.29 is 24.3 Å². The number of carbonyl (C=O) groups is 1. The van der Waals surface area contributed by atoms with Gasteiger partial charge in [-0.1, -0.05) is 12.1 Å². The van der Waals surface area contributed by atoms with Gasteiger partial charge in [0.25, 0.3) is 5.91 Å². The van der Waals surface area contributed by atoms with Crippen LogP contribution in [-0.2, 0) is 4.79 Å². The van der Waals surface area contributed by atoms with E-state index in [0.29, 0.717) is 5.75 Å². The van der Waals surface area contributed by atoms with Crippen LogP contribution in [0.5, 0.6) is 17.2 Å². The second-order valence-electron chi connectivity index (χ2n) is 6.05. The molecular formula is C19H21N3O6. The van der Waals surface area contributed by atoms with Crippen molar-refractivity contribution in [3.63, 3.8) is 0 Å². The van der Waals surface area contributed by atoms with Crippen LogP contribution < -0.4 is 14.9 Å². The number of rotatable bonds is 7. The molecule has 2 N–H and O–H groups in total. The van der Waals surface area contributed by atoms with Crippen LogP contribution >= 0.6 is 0 Å². The number of nitrogens with one attached hydrogen (secondary N) is 1. The number of phenols is 1. The van der Waals surface area contributed by atoms with Gasteiger partial charge in [0.15, 0.2) is 12.4 Å². The number of hydrazone groups is 1. The Bertz CT molecular complexity index is 940. The zero-order valence-corrected chi connectivity index (χ0v) is 16.0. The molecule has 9 heteroatoms. The third-order valence-electron chi connectivity index (χ3n) is 4.14. The summed E-state index contributed by atoms with van der Waals surface area (Å²) in [5.74, 6) is -0.537. The van der Waals surface area contributed by atoms with Gasteiger partial charge < -0.3 is 14.6 Å². The van der Waals surface area contributed by atoms with Crippen LogP contribution in [0.25, 0.3) is 0 Å². The van der Waals surface area contributed by atoms with Crippen molar-refractivity contribution in [1.29, 1.82) is 0 Å². The number of phenolic OH excluding ortho intramolecular Hbond substituents is 1. The summed E-state index contributed by atoms with van der Waals surface area (Å²) in [5, 5.41) is 24.6. The van der Waals surface area contributed by atoms with Crippen LogP contribution in [0.1, 0.15) is 22.3 Å². The molecule has 2 aromatic rings. The highest BCUT2D eigenvalue weighted by atomic mass is 16.6. The fourth-order valence-corrected chi connectivity index (χ4v) is 2.56. The third kappa shape index (κ3) is 4.56. The molecule has 0 saturated heterocycles. The fourth-order valence-electron chi connectivity index (χ4n) is 2.56. The molecule has 28 heavy (non-hydrogen) atoms. The lowest BCUT2D eigenvalue weighted by Crippen LogP contribution is -2.25. The lowest BCUT2D eigenvalue weighted by atomic mass is 10.1. The molecule has 0 heterocycles. The number of aromatic hydroxyl groups is 1. The third-order valence-corrected chi connectivity index (χ3v) is 4.14. The molecule has 0 aliphatic heterocycles. The van der Waals surface area contributed by atoms with E-state index in [1.54, 1.807) is 0 Å². The van der Waals surface area contributed by atoms with E-state index in [2.05, 4.69) is 10.5 Å². The van der Waals surface area contributed by atoms with Crippen molar-refractivity contribution in [2.24, 2.45) is 5.10 Å². The van der Waals surface area contributed by atoms with Crippen LogP contribution in [0.4, 0.5) is 5.69 Å². The minimum Gasteiger partial charge on any atom is -0.504 e. The second kappa shape index (κ2) is 8.85. The van der Waals surface area contributed by atoms with Crippen LogP contribution in [0, 0.1) is 30.9 Å². The van der Waals surface area contributed by atoms with Crippen molar-refractivity contribution in [2.45, 2.75) is 20.8 Å². The molecule has 0 bridgehead atoms. The topological polar surface area (TPSA) is 123 Å². The lowest BCUT2D eigenvalue weighted by Gasteiger charge is -2.13. The number of nitrogens with zero attached hydrogens (tertiary/aromatic N) is 2. The first-order valence-corrected chi connectivity index (χ1v) is 8.32. The van der Waals surface area contributed by atoms with E-state index in [-0.39, 0.29) is 23.7 Å². The van der Waals surface area contributed by atoms with E-state index in [9.17, 15) is 20.0 Å². The number of methoxy groups -OCH3 is 1. The summed E-state index contributed by atoms with van der Waals surface area (Å²) in [7, 11) is 1.21. The summed E-state index contributed by atoms with van der Waals surface area (Å²) in [6.45, 7) is 5.48. The van der Waals surface area contributed by atoms with Crippen LogP contribution in [0.3, 0.4) is 0 Å². The van der Waals surface area contributed by atoms with Gasteiger partial charge in [-0.05, 0) is 49.6 Å². The summed E-state index contributed by atoms with van der Waals surface area (Å²) in [5.41, 5.74) is 4.76. The van der Waals surface area contributed by atoms with E-state index in [0.717, 1.165) is 22.9 Å². The van der Waals surface area contributed by atoms with Crippen LogP contribution in [-0.4, -0.2) is 35.9 Å². The molecule has 0 unspecified atom stereocenters. The van der Waals surface area contributed by atoms with Crippen molar-refractivity contribution in [3.8, 4) is 17.2 Å². The summed E-state index contributed by atoms with van der Waals surface area (Å²) in [6, 6.07) is 6.41. The predicted octanol–water partition coefficient (Wildman–Crippen LogP) is 2.76. The Labute approximate surface area is 161 Å². The van der Waals surface area contributed by atoms with Crippen LogP contribution in [0.2, 0.25) is 0 Å². The maximum Gasteiger partial charge on any atom is 0.323 e. The lowest BCUT2D eigenvalue weighted by molar-refractivity contribution is -0.386. The number of hydrogen-bond donors (Lipinski definition) is 2.